The van der Waals surface area contributed by atoms with Crippen molar-refractivity contribution in [3.05, 3.63) is 104 Å². The Hall–Kier alpha value is -2.99. The van der Waals surface area contributed by atoms with Crippen LogP contribution in [0.2, 0.25) is 10.0 Å². The average Bonchev–Trinajstić information content (AvgIpc) is 3.00. The van der Waals surface area contributed by atoms with Crippen LogP contribution in [-0.4, -0.2) is 31.2 Å². The molecule has 0 spiro atoms. The summed E-state index contributed by atoms with van der Waals surface area (Å²) in [5.41, 5.74) is 6.80. The number of hydrogen-bond donors (Lipinski definition) is 1. The predicted molar refractivity (Wildman–Crippen MR) is 138 cm³/mol. The Morgan fingerprint density at radius 3 is 2.57 bits per heavy atom. The summed E-state index contributed by atoms with van der Waals surface area (Å²) in [6.07, 6.45) is 5.85. The van der Waals surface area contributed by atoms with Gasteiger partial charge in [0.05, 0.1) is 12.7 Å². The molecule has 35 heavy (non-hydrogen) atoms. The number of carbonyl (C=O) groups excluding carboxylic acids is 1. The zero-order valence-corrected chi connectivity index (χ0v) is 20.6. The highest BCUT2D eigenvalue weighted by molar-refractivity contribution is 6.36. The molecule has 1 fully saturated rings. The SMILES string of the molecule is COC(=O)c1ccc2c(c1)CCCC(c1ccc(Cl)cc1Cl)=C2c1ncc(C=C2CNC2)cc1F. The number of aromatic nitrogens is 1. The topological polar surface area (TPSA) is 51.2 Å². The Kier molecular flexibility index (Phi) is 6.74. The summed E-state index contributed by atoms with van der Waals surface area (Å²) in [4.78, 5) is 16.8. The maximum Gasteiger partial charge on any atom is 0.337 e. The lowest BCUT2D eigenvalue weighted by atomic mass is 9.89. The molecule has 0 radical (unpaired) electrons. The van der Waals surface area contributed by atoms with Gasteiger partial charge in [-0.05, 0) is 83.0 Å². The van der Waals surface area contributed by atoms with E-state index < -0.39 is 11.8 Å². The first-order chi connectivity index (χ1) is 16.9. The summed E-state index contributed by atoms with van der Waals surface area (Å²) in [5.74, 6) is -0.815. The van der Waals surface area contributed by atoms with Crippen LogP contribution in [-0.2, 0) is 11.2 Å². The van der Waals surface area contributed by atoms with E-state index in [1.807, 2.05) is 24.3 Å². The predicted octanol–water partition coefficient (Wildman–Crippen LogP) is 6.60. The van der Waals surface area contributed by atoms with Crippen molar-refractivity contribution >= 4 is 46.4 Å². The van der Waals surface area contributed by atoms with Crippen LogP contribution < -0.4 is 5.32 Å². The molecular formula is C28H23Cl2FN2O2. The van der Waals surface area contributed by atoms with Crippen LogP contribution >= 0.6 is 23.2 Å². The Bertz CT molecular complexity index is 1390. The highest BCUT2D eigenvalue weighted by Gasteiger charge is 2.25. The van der Waals surface area contributed by atoms with Gasteiger partial charge in [0.25, 0.3) is 0 Å². The highest BCUT2D eigenvalue weighted by atomic mass is 35.5. The lowest BCUT2D eigenvalue weighted by molar-refractivity contribution is 0.0600. The number of methoxy groups -OCH3 is 1. The fourth-order valence-electron chi connectivity index (χ4n) is 4.63. The molecule has 2 aliphatic rings. The second-order valence-corrected chi connectivity index (χ2v) is 9.54. The van der Waals surface area contributed by atoms with Gasteiger partial charge in [-0.25, -0.2) is 9.18 Å². The molecule has 7 heteroatoms. The van der Waals surface area contributed by atoms with Crippen LogP contribution in [0.15, 0.2) is 54.2 Å². The van der Waals surface area contributed by atoms with E-state index in [-0.39, 0.29) is 5.69 Å². The van der Waals surface area contributed by atoms with Gasteiger partial charge in [0.15, 0.2) is 0 Å². The van der Waals surface area contributed by atoms with Crippen LogP contribution in [0.4, 0.5) is 4.39 Å². The Morgan fingerprint density at radius 1 is 1.09 bits per heavy atom. The van der Waals surface area contributed by atoms with Gasteiger partial charge in [-0.15, -0.1) is 0 Å². The quantitative estimate of drug-likeness (QED) is 0.403. The number of nitrogens with one attached hydrogen (secondary N) is 1. The average molecular weight is 509 g/mol. The third kappa shape index (κ3) is 4.76. The molecule has 1 aliphatic carbocycles. The van der Waals surface area contributed by atoms with Crippen molar-refractivity contribution in [2.75, 3.05) is 20.2 Å². The molecule has 0 atom stereocenters. The molecule has 0 bridgehead atoms. The van der Waals surface area contributed by atoms with Crippen molar-refractivity contribution < 1.29 is 13.9 Å². The minimum atomic E-state index is -0.408. The van der Waals surface area contributed by atoms with E-state index >= 15 is 4.39 Å². The van der Waals surface area contributed by atoms with Crippen LogP contribution in [0.3, 0.4) is 0 Å². The smallest absolute Gasteiger partial charge is 0.337 e. The van der Waals surface area contributed by atoms with Gasteiger partial charge < -0.3 is 10.1 Å². The number of ether oxygens (including phenoxy) is 1. The number of benzene rings is 2. The molecular weight excluding hydrogens is 486 g/mol. The highest BCUT2D eigenvalue weighted by Crippen LogP contribution is 2.42. The minimum Gasteiger partial charge on any atom is -0.465 e. The number of carbonyl (C=O) groups is 1. The molecule has 1 N–H and O–H groups in total. The molecule has 0 saturated carbocycles. The maximum atomic E-state index is 15.7. The third-order valence-corrected chi connectivity index (χ3v) is 6.95. The van der Waals surface area contributed by atoms with Crippen LogP contribution in [0.5, 0.6) is 0 Å². The van der Waals surface area contributed by atoms with E-state index in [4.69, 9.17) is 27.9 Å². The number of allylic oxidation sites excluding steroid dienone is 1. The van der Waals surface area contributed by atoms with E-state index in [0.29, 0.717) is 27.6 Å². The Balaban J connectivity index is 1.73. The number of fused-ring (bicyclic) bond motifs is 1. The molecule has 1 aliphatic heterocycles. The molecule has 2 aromatic carbocycles. The number of hydrogen-bond acceptors (Lipinski definition) is 4. The van der Waals surface area contributed by atoms with Gasteiger partial charge in [-0.2, -0.15) is 0 Å². The Morgan fingerprint density at radius 2 is 1.89 bits per heavy atom. The summed E-state index contributed by atoms with van der Waals surface area (Å²) < 4.78 is 20.6. The first kappa shape index (κ1) is 23.7. The maximum absolute atomic E-state index is 15.7. The van der Waals surface area contributed by atoms with E-state index in [2.05, 4.69) is 10.3 Å². The fourth-order valence-corrected chi connectivity index (χ4v) is 5.15. The third-order valence-electron chi connectivity index (χ3n) is 6.40. The van der Waals surface area contributed by atoms with Gasteiger partial charge in [0, 0.05) is 34.9 Å². The minimum absolute atomic E-state index is 0.258. The molecule has 4 nitrogen and oxygen atoms in total. The van der Waals surface area contributed by atoms with Gasteiger partial charge in [0.1, 0.15) is 11.5 Å². The number of pyridine rings is 1. The first-order valence-corrected chi connectivity index (χ1v) is 12.2. The molecule has 1 aromatic heterocycles. The van der Waals surface area contributed by atoms with Crippen molar-refractivity contribution in [2.45, 2.75) is 19.3 Å². The van der Waals surface area contributed by atoms with E-state index in [0.717, 1.165) is 53.8 Å². The first-order valence-electron chi connectivity index (χ1n) is 11.4. The zero-order chi connectivity index (χ0) is 24.5. The monoisotopic (exact) mass is 508 g/mol. The molecule has 3 aromatic rings. The number of aryl methyl sites for hydroxylation is 1. The van der Waals surface area contributed by atoms with Crippen molar-refractivity contribution in [2.24, 2.45) is 0 Å². The number of rotatable bonds is 4. The Labute approximate surface area is 213 Å². The number of esters is 1. The van der Waals surface area contributed by atoms with Crippen molar-refractivity contribution in [3.63, 3.8) is 0 Å². The molecule has 1 saturated heterocycles. The fraction of sp³-hybridized carbons (Fsp3) is 0.214. The van der Waals surface area contributed by atoms with Gasteiger partial charge in [-0.1, -0.05) is 41.4 Å². The van der Waals surface area contributed by atoms with Crippen molar-refractivity contribution in [1.29, 1.82) is 0 Å². The van der Waals surface area contributed by atoms with E-state index in [1.54, 1.807) is 24.4 Å². The zero-order valence-electron chi connectivity index (χ0n) is 19.1. The molecule has 2 heterocycles. The lowest BCUT2D eigenvalue weighted by Crippen LogP contribution is -2.33. The standard InChI is InChI=1S/C28H23Cl2FN2O2/c1-35-28(34)19-5-7-21-18(11-19)3-2-4-23(22-8-6-20(29)12-24(22)30)26(21)27-25(31)10-16(15-33-27)9-17-13-32-14-17/h5-12,15,32H,2-4,13-14H2,1H3. The number of halogens is 3. The summed E-state index contributed by atoms with van der Waals surface area (Å²) in [6, 6.07) is 12.3. The van der Waals surface area contributed by atoms with Gasteiger partial charge in [0.2, 0.25) is 0 Å². The van der Waals surface area contributed by atoms with Crippen molar-refractivity contribution in [3.8, 4) is 0 Å². The summed E-state index contributed by atoms with van der Waals surface area (Å²) in [6.45, 7) is 1.62. The summed E-state index contributed by atoms with van der Waals surface area (Å²) >= 11 is 12.8. The van der Waals surface area contributed by atoms with Gasteiger partial charge >= 0.3 is 5.97 Å². The second-order valence-electron chi connectivity index (χ2n) is 8.70. The van der Waals surface area contributed by atoms with Crippen LogP contribution in [0, 0.1) is 5.82 Å². The molecule has 178 valence electrons. The van der Waals surface area contributed by atoms with Gasteiger partial charge in [-0.3, -0.25) is 4.98 Å². The van der Waals surface area contributed by atoms with E-state index in [9.17, 15) is 4.79 Å². The largest absolute Gasteiger partial charge is 0.465 e. The number of nitrogens with zero attached hydrogens (tertiary/aromatic N) is 1. The van der Waals surface area contributed by atoms with Crippen molar-refractivity contribution in [1.82, 2.24) is 10.3 Å². The van der Waals surface area contributed by atoms with Crippen LogP contribution in [0.1, 0.15) is 51.1 Å². The normalized spacial score (nSPS) is 15.3. The summed E-state index contributed by atoms with van der Waals surface area (Å²) in [7, 11) is 1.36. The van der Waals surface area contributed by atoms with E-state index in [1.165, 1.54) is 18.7 Å². The summed E-state index contributed by atoms with van der Waals surface area (Å²) in [5, 5.41) is 4.21. The van der Waals surface area contributed by atoms with Crippen LogP contribution in [0.25, 0.3) is 17.2 Å². The molecule has 0 unspecified atom stereocenters. The molecule has 5 rings (SSSR count). The molecule has 0 amide bonds. The lowest BCUT2D eigenvalue weighted by Gasteiger charge is -2.19. The second kappa shape index (κ2) is 9.94.